The first-order valence-electron chi connectivity index (χ1n) is 8.03. The Morgan fingerprint density at radius 1 is 0.920 bits per heavy atom. The summed E-state index contributed by atoms with van der Waals surface area (Å²) in [6.45, 7) is 3.91. The molecule has 0 radical (unpaired) electrons. The second-order valence-corrected chi connectivity index (χ2v) is 6.18. The van der Waals surface area contributed by atoms with E-state index in [0.29, 0.717) is 19.7 Å². The van der Waals surface area contributed by atoms with Crippen molar-refractivity contribution in [2.24, 2.45) is 0 Å². The Morgan fingerprint density at radius 3 is 2.32 bits per heavy atom. The highest BCUT2D eigenvalue weighted by atomic mass is 79.9. The third-order valence-corrected chi connectivity index (χ3v) is 4.31. The van der Waals surface area contributed by atoms with Gasteiger partial charge in [0.2, 0.25) is 0 Å². The zero-order valence-corrected chi connectivity index (χ0v) is 16.6. The summed E-state index contributed by atoms with van der Waals surface area (Å²) in [5.41, 5.74) is 2.17. The minimum Gasteiger partial charge on any atom is -0.497 e. The molecule has 2 rings (SSSR count). The maximum absolute atomic E-state index is 5.62. The van der Waals surface area contributed by atoms with Crippen LogP contribution in [-0.2, 0) is 13.1 Å². The molecule has 2 aromatic carbocycles. The van der Waals surface area contributed by atoms with Gasteiger partial charge in [0, 0.05) is 24.7 Å². The van der Waals surface area contributed by atoms with Gasteiger partial charge < -0.3 is 24.3 Å². The van der Waals surface area contributed by atoms with E-state index in [1.165, 1.54) is 0 Å². The first-order chi connectivity index (χ1) is 12.1. The Kier molecular flexibility index (Phi) is 7.40. The predicted octanol–water partition coefficient (Wildman–Crippen LogP) is 4.16. The fraction of sp³-hybridized carbons (Fsp3) is 0.368. The van der Waals surface area contributed by atoms with Crippen molar-refractivity contribution in [2.45, 2.75) is 20.0 Å². The molecule has 0 aromatic heterocycles. The van der Waals surface area contributed by atoms with Gasteiger partial charge in [-0.2, -0.15) is 0 Å². The molecule has 0 bridgehead atoms. The molecule has 0 amide bonds. The third-order valence-electron chi connectivity index (χ3n) is 3.72. The molecule has 25 heavy (non-hydrogen) atoms. The molecule has 6 heteroatoms. The number of benzene rings is 2. The van der Waals surface area contributed by atoms with E-state index in [4.69, 9.17) is 18.9 Å². The normalized spacial score (nSPS) is 10.4. The predicted molar refractivity (Wildman–Crippen MR) is 102 cm³/mol. The first-order valence-corrected chi connectivity index (χ1v) is 8.83. The van der Waals surface area contributed by atoms with Crippen molar-refractivity contribution in [3.63, 3.8) is 0 Å². The second-order valence-electron chi connectivity index (χ2n) is 5.32. The lowest BCUT2D eigenvalue weighted by molar-refractivity contribution is 0.308. The number of nitrogens with one attached hydrogen (secondary N) is 1. The van der Waals surface area contributed by atoms with Gasteiger partial charge in [-0.1, -0.05) is 6.07 Å². The molecular weight excluding hydrogens is 386 g/mol. The summed E-state index contributed by atoms with van der Waals surface area (Å²) < 4.78 is 22.6. The van der Waals surface area contributed by atoms with Crippen LogP contribution in [0.5, 0.6) is 23.0 Å². The van der Waals surface area contributed by atoms with Gasteiger partial charge >= 0.3 is 0 Å². The third kappa shape index (κ3) is 5.03. The van der Waals surface area contributed by atoms with Gasteiger partial charge in [0.15, 0.2) is 11.5 Å². The summed E-state index contributed by atoms with van der Waals surface area (Å²) in [6.07, 6.45) is 0. The highest BCUT2D eigenvalue weighted by Gasteiger charge is 2.11. The Morgan fingerprint density at radius 2 is 1.68 bits per heavy atom. The second kappa shape index (κ2) is 9.53. The molecule has 0 saturated heterocycles. The van der Waals surface area contributed by atoms with Crippen molar-refractivity contribution < 1.29 is 18.9 Å². The molecule has 5 nitrogen and oxygen atoms in total. The van der Waals surface area contributed by atoms with Gasteiger partial charge in [0.25, 0.3) is 0 Å². The van der Waals surface area contributed by atoms with E-state index < -0.39 is 0 Å². The summed E-state index contributed by atoms with van der Waals surface area (Å²) in [5, 5.41) is 3.42. The van der Waals surface area contributed by atoms with Crippen LogP contribution in [-0.4, -0.2) is 27.9 Å². The van der Waals surface area contributed by atoms with Crippen molar-refractivity contribution in [1.29, 1.82) is 0 Å². The van der Waals surface area contributed by atoms with E-state index in [0.717, 1.165) is 38.6 Å². The topological polar surface area (TPSA) is 49.0 Å². The van der Waals surface area contributed by atoms with Crippen LogP contribution in [0.15, 0.2) is 34.8 Å². The fourth-order valence-corrected chi connectivity index (χ4v) is 3.10. The van der Waals surface area contributed by atoms with Crippen LogP contribution in [0.3, 0.4) is 0 Å². The van der Waals surface area contributed by atoms with Crippen LogP contribution in [0.1, 0.15) is 18.1 Å². The van der Waals surface area contributed by atoms with E-state index in [1.54, 1.807) is 21.3 Å². The molecule has 136 valence electrons. The molecule has 0 fully saturated rings. The molecule has 0 unspecified atom stereocenters. The molecule has 0 saturated carbocycles. The van der Waals surface area contributed by atoms with Crippen LogP contribution in [0.25, 0.3) is 0 Å². The molecule has 2 aromatic rings. The van der Waals surface area contributed by atoms with E-state index in [9.17, 15) is 0 Å². The standard InChI is InChI=1S/C19H24BrNO4/c1-5-25-19-16(20)8-13(9-18(19)24-4)11-21-12-14-6-7-15(22-2)10-17(14)23-3/h6-10,21H,5,11-12H2,1-4H3. The Balaban J connectivity index is 2.06. The van der Waals surface area contributed by atoms with Crippen molar-refractivity contribution in [1.82, 2.24) is 5.32 Å². The maximum Gasteiger partial charge on any atom is 0.175 e. The summed E-state index contributed by atoms with van der Waals surface area (Å²) >= 11 is 3.55. The van der Waals surface area contributed by atoms with Crippen molar-refractivity contribution in [3.05, 3.63) is 45.9 Å². The molecule has 0 aliphatic carbocycles. The molecule has 0 heterocycles. The van der Waals surface area contributed by atoms with Crippen LogP contribution >= 0.6 is 15.9 Å². The van der Waals surface area contributed by atoms with Gasteiger partial charge in [-0.15, -0.1) is 0 Å². The molecule has 0 spiro atoms. The number of ether oxygens (including phenoxy) is 4. The zero-order chi connectivity index (χ0) is 18.2. The molecule has 0 aliphatic heterocycles. The fourth-order valence-electron chi connectivity index (χ4n) is 2.50. The lowest BCUT2D eigenvalue weighted by Crippen LogP contribution is -2.13. The highest BCUT2D eigenvalue weighted by Crippen LogP contribution is 2.36. The first kappa shape index (κ1) is 19.4. The van der Waals surface area contributed by atoms with Gasteiger partial charge in [-0.25, -0.2) is 0 Å². The Bertz CT molecular complexity index is 706. The lowest BCUT2D eigenvalue weighted by Gasteiger charge is -2.14. The van der Waals surface area contributed by atoms with E-state index in [1.807, 2.05) is 37.3 Å². The van der Waals surface area contributed by atoms with Crippen LogP contribution in [0, 0.1) is 0 Å². The summed E-state index contributed by atoms with van der Waals surface area (Å²) in [7, 11) is 4.94. The zero-order valence-electron chi connectivity index (χ0n) is 15.0. The summed E-state index contributed by atoms with van der Waals surface area (Å²) in [4.78, 5) is 0. The number of methoxy groups -OCH3 is 3. The average Bonchev–Trinajstić information content (AvgIpc) is 2.63. The van der Waals surface area contributed by atoms with Crippen molar-refractivity contribution in [2.75, 3.05) is 27.9 Å². The van der Waals surface area contributed by atoms with Gasteiger partial charge in [0.05, 0.1) is 32.4 Å². The Labute approximate surface area is 157 Å². The SMILES string of the molecule is CCOc1c(Br)cc(CNCc2ccc(OC)cc2OC)cc1OC. The summed E-state index contributed by atoms with van der Waals surface area (Å²) in [6, 6.07) is 9.82. The Hall–Kier alpha value is -1.92. The highest BCUT2D eigenvalue weighted by molar-refractivity contribution is 9.10. The van der Waals surface area contributed by atoms with Gasteiger partial charge in [0.1, 0.15) is 11.5 Å². The van der Waals surface area contributed by atoms with Gasteiger partial charge in [-0.05, 0) is 46.6 Å². The van der Waals surface area contributed by atoms with Crippen LogP contribution < -0.4 is 24.3 Å². The monoisotopic (exact) mass is 409 g/mol. The maximum atomic E-state index is 5.62. The van der Waals surface area contributed by atoms with Crippen molar-refractivity contribution >= 4 is 15.9 Å². The smallest absolute Gasteiger partial charge is 0.175 e. The number of hydrogen-bond acceptors (Lipinski definition) is 5. The number of hydrogen-bond donors (Lipinski definition) is 1. The molecule has 0 aliphatic rings. The molecule has 0 atom stereocenters. The average molecular weight is 410 g/mol. The molecular formula is C19H24BrNO4. The van der Waals surface area contributed by atoms with Crippen LogP contribution in [0.2, 0.25) is 0 Å². The summed E-state index contributed by atoms with van der Waals surface area (Å²) in [5.74, 6) is 3.03. The quantitative estimate of drug-likeness (QED) is 0.673. The van der Waals surface area contributed by atoms with Crippen LogP contribution in [0.4, 0.5) is 0 Å². The minimum atomic E-state index is 0.587. The largest absolute Gasteiger partial charge is 0.497 e. The minimum absolute atomic E-state index is 0.587. The van der Waals surface area contributed by atoms with Crippen molar-refractivity contribution in [3.8, 4) is 23.0 Å². The van der Waals surface area contributed by atoms with E-state index >= 15 is 0 Å². The molecule has 1 N–H and O–H groups in total. The number of rotatable bonds is 9. The van der Waals surface area contributed by atoms with E-state index in [2.05, 4.69) is 21.2 Å². The lowest BCUT2D eigenvalue weighted by atomic mass is 10.1. The number of halogens is 1. The van der Waals surface area contributed by atoms with Gasteiger partial charge in [-0.3, -0.25) is 0 Å². The van der Waals surface area contributed by atoms with E-state index in [-0.39, 0.29) is 0 Å².